The fraction of sp³-hybridized carbons (Fsp3) is 0.533. The number of hydrogen-bond acceptors (Lipinski definition) is 9. The van der Waals surface area contributed by atoms with E-state index in [2.05, 4.69) is 10.3 Å². The molecule has 2 N–H and O–H groups in total. The maximum absolute atomic E-state index is 15.5. The first-order chi connectivity index (χ1) is 20.5. The molecule has 4 heterocycles. The number of thiazole rings is 1. The van der Waals surface area contributed by atoms with Crippen molar-refractivity contribution < 1.29 is 32.6 Å². The molecule has 6 rings (SSSR count). The van der Waals surface area contributed by atoms with Gasteiger partial charge in [0.05, 0.1) is 31.1 Å². The molecule has 0 spiro atoms. The Kier molecular flexibility index (Phi) is 7.84. The highest BCUT2D eigenvalue weighted by atomic mass is 32.1. The third-order valence-electron chi connectivity index (χ3n) is 9.05. The summed E-state index contributed by atoms with van der Waals surface area (Å²) >= 11 is 1.33. The number of carboxylic acid groups (broad SMARTS) is 1. The van der Waals surface area contributed by atoms with Crippen molar-refractivity contribution in [3.63, 3.8) is 0 Å². The Hall–Kier alpha value is -3.29. The van der Waals surface area contributed by atoms with Crippen LogP contribution < -0.4 is 5.32 Å². The number of ether oxygens (including phenoxy) is 1. The molecule has 1 aromatic heterocycles. The maximum Gasteiger partial charge on any atom is 0.338 e. The Labute approximate surface area is 251 Å². The molecule has 2 aromatic rings. The van der Waals surface area contributed by atoms with Crippen LogP contribution >= 0.6 is 11.3 Å². The molecule has 13 heteroatoms. The van der Waals surface area contributed by atoms with E-state index < -0.39 is 48.2 Å². The highest BCUT2D eigenvalue weighted by molar-refractivity contribution is 7.11. The van der Waals surface area contributed by atoms with E-state index in [4.69, 9.17) is 9.73 Å². The van der Waals surface area contributed by atoms with Gasteiger partial charge in [-0.1, -0.05) is 12.1 Å². The molecule has 0 bridgehead atoms. The largest absolute Gasteiger partial charge is 0.481 e. The van der Waals surface area contributed by atoms with E-state index in [1.807, 2.05) is 4.90 Å². The lowest BCUT2D eigenvalue weighted by molar-refractivity contribution is -0.139. The first-order valence-corrected chi connectivity index (χ1v) is 15.3. The number of carboxylic acids is 1. The molecule has 4 aliphatic rings. The first kappa shape index (κ1) is 29.8. The van der Waals surface area contributed by atoms with Crippen LogP contribution in [0.1, 0.15) is 48.4 Å². The number of carbonyl (C=O) groups excluding carboxylic acids is 1. The number of alkyl halides is 2. The maximum atomic E-state index is 15.5. The molecule has 0 radical (unpaired) electrons. The van der Waals surface area contributed by atoms with Gasteiger partial charge in [-0.15, -0.1) is 11.3 Å². The third-order valence-corrected chi connectivity index (χ3v) is 9.83. The van der Waals surface area contributed by atoms with Crippen molar-refractivity contribution in [1.29, 1.82) is 0 Å². The molecule has 9 nitrogen and oxygen atoms in total. The normalized spacial score (nSPS) is 26.2. The molecule has 3 unspecified atom stereocenters. The van der Waals surface area contributed by atoms with Crippen LogP contribution in [0.3, 0.4) is 0 Å². The lowest BCUT2D eigenvalue weighted by Crippen LogP contribution is -2.43. The van der Waals surface area contributed by atoms with Gasteiger partial charge < -0.3 is 20.1 Å². The summed E-state index contributed by atoms with van der Waals surface area (Å²) in [7, 11) is 0. The summed E-state index contributed by atoms with van der Waals surface area (Å²) in [5, 5.41) is 14.9. The third kappa shape index (κ3) is 5.82. The molecular weight excluding hydrogens is 583 g/mol. The fourth-order valence-electron chi connectivity index (χ4n) is 6.79. The number of rotatable bonds is 10. The average molecular weight is 618 g/mol. The zero-order valence-electron chi connectivity index (χ0n) is 24.0. The Morgan fingerprint density at radius 2 is 2.05 bits per heavy atom. The second-order valence-corrected chi connectivity index (χ2v) is 12.9. The molecule has 1 aliphatic carbocycles. The van der Waals surface area contributed by atoms with Gasteiger partial charge in [-0.2, -0.15) is 0 Å². The van der Waals surface area contributed by atoms with Crippen molar-refractivity contribution in [3.05, 3.63) is 63.0 Å². The molecule has 3 fully saturated rings. The number of carbonyl (C=O) groups is 2. The van der Waals surface area contributed by atoms with Crippen LogP contribution in [0, 0.1) is 24.1 Å². The monoisotopic (exact) mass is 617 g/mol. The minimum Gasteiger partial charge on any atom is -0.481 e. The van der Waals surface area contributed by atoms with Gasteiger partial charge in [0.2, 0.25) is 0 Å². The highest BCUT2D eigenvalue weighted by Crippen LogP contribution is 2.51. The van der Waals surface area contributed by atoms with Crippen LogP contribution in [0.15, 0.2) is 46.0 Å². The van der Waals surface area contributed by atoms with Gasteiger partial charge in [-0.25, -0.2) is 22.9 Å². The summed E-state index contributed by atoms with van der Waals surface area (Å²) in [4.78, 5) is 37.7. The number of aliphatic imine (C=N–C) groups is 1. The van der Waals surface area contributed by atoms with E-state index in [0.717, 1.165) is 12.8 Å². The molecule has 2 saturated heterocycles. The second-order valence-electron chi connectivity index (χ2n) is 12.0. The van der Waals surface area contributed by atoms with E-state index in [1.165, 1.54) is 17.4 Å². The molecule has 1 saturated carbocycles. The van der Waals surface area contributed by atoms with Crippen molar-refractivity contribution in [3.8, 4) is 0 Å². The average Bonchev–Trinajstić information content (AvgIpc) is 3.29. The number of nitrogens with one attached hydrogen (secondary N) is 1. The Morgan fingerprint density at radius 3 is 2.72 bits per heavy atom. The van der Waals surface area contributed by atoms with Gasteiger partial charge in [0, 0.05) is 49.5 Å². The molecule has 0 amide bonds. The number of halogens is 3. The molecule has 1 aromatic carbocycles. The Morgan fingerprint density at radius 1 is 1.26 bits per heavy atom. The van der Waals surface area contributed by atoms with Gasteiger partial charge in [0.15, 0.2) is 10.8 Å². The van der Waals surface area contributed by atoms with Gasteiger partial charge >= 0.3 is 11.9 Å². The van der Waals surface area contributed by atoms with Gasteiger partial charge in [0.1, 0.15) is 11.9 Å². The van der Waals surface area contributed by atoms with Crippen LogP contribution in [0.5, 0.6) is 0 Å². The van der Waals surface area contributed by atoms with Crippen molar-refractivity contribution in [2.24, 2.45) is 16.3 Å². The van der Waals surface area contributed by atoms with Crippen molar-refractivity contribution in [2.75, 3.05) is 39.3 Å². The fourth-order valence-corrected chi connectivity index (χ4v) is 7.38. The van der Waals surface area contributed by atoms with E-state index >= 15 is 8.78 Å². The minimum atomic E-state index is -2.97. The number of aliphatic carboxylic acids is 1. The summed E-state index contributed by atoms with van der Waals surface area (Å²) in [5.74, 6) is -5.49. The van der Waals surface area contributed by atoms with E-state index in [1.54, 1.807) is 42.5 Å². The number of esters is 1. The standard InChI is InChI=1S/C30H34F3N5O4S/c1-3-42-28(41)24-21(35-26(27-34-9-10-43-27)36-25(24)18-5-4-6-20(31)17(18)2)13-38-16-30(32,33)19-12-37(14-22(19)38)15-29(7-8-29)11-23(39)40/h4-6,9-10,19,22,25H,3,7-8,11-16H2,1-2H3,(H,35,36)(H,39,40). The summed E-state index contributed by atoms with van der Waals surface area (Å²) in [5.41, 5.74) is 0.973. The van der Waals surface area contributed by atoms with Crippen LogP contribution in [-0.2, 0) is 14.3 Å². The summed E-state index contributed by atoms with van der Waals surface area (Å²) in [6.45, 7) is 3.94. The lowest BCUT2D eigenvalue weighted by atomic mass is 9.92. The number of fused-ring (bicyclic) bond motifs is 1. The predicted molar refractivity (Wildman–Crippen MR) is 153 cm³/mol. The van der Waals surface area contributed by atoms with Crippen LogP contribution in [-0.4, -0.2) is 89.0 Å². The number of amidine groups is 1. The second kappa shape index (κ2) is 11.3. The number of benzene rings is 1. The molecule has 230 valence electrons. The van der Waals surface area contributed by atoms with Crippen molar-refractivity contribution in [1.82, 2.24) is 20.1 Å². The van der Waals surface area contributed by atoms with E-state index in [0.29, 0.717) is 40.8 Å². The van der Waals surface area contributed by atoms with E-state index in [-0.39, 0.29) is 37.1 Å². The number of aromatic nitrogens is 1. The van der Waals surface area contributed by atoms with Gasteiger partial charge in [-0.3, -0.25) is 14.7 Å². The van der Waals surface area contributed by atoms with Crippen LogP contribution in [0.2, 0.25) is 0 Å². The van der Waals surface area contributed by atoms with Crippen molar-refractivity contribution in [2.45, 2.75) is 51.1 Å². The lowest BCUT2D eigenvalue weighted by Gasteiger charge is -2.32. The zero-order chi connectivity index (χ0) is 30.5. The Balaban J connectivity index is 1.35. The number of hydrogen-bond donors (Lipinski definition) is 2. The van der Waals surface area contributed by atoms with Crippen LogP contribution in [0.4, 0.5) is 13.2 Å². The number of nitrogens with zero attached hydrogens (tertiary/aromatic N) is 4. The highest BCUT2D eigenvalue weighted by Gasteiger charge is 2.59. The molecule has 3 atom stereocenters. The first-order valence-electron chi connectivity index (χ1n) is 14.5. The zero-order valence-corrected chi connectivity index (χ0v) is 24.8. The number of likely N-dealkylation sites (tertiary alicyclic amines) is 2. The van der Waals surface area contributed by atoms with Crippen LogP contribution in [0.25, 0.3) is 0 Å². The summed E-state index contributed by atoms with van der Waals surface area (Å²) in [6.07, 6.45) is 3.22. The van der Waals surface area contributed by atoms with Gasteiger partial charge in [-0.05, 0) is 49.3 Å². The predicted octanol–water partition coefficient (Wildman–Crippen LogP) is 4.01. The Bertz CT molecular complexity index is 1480. The smallest absolute Gasteiger partial charge is 0.338 e. The molecule has 3 aliphatic heterocycles. The molecular formula is C30H34F3N5O4S. The SMILES string of the molecule is CCOC(=O)C1=C(CN2CC(F)(F)C3CN(CC4(CC(=O)O)CC4)CC32)NC(c2nccs2)=NC1c1cccc(F)c1C. The minimum absolute atomic E-state index is 0.00568. The topological polar surface area (TPSA) is 107 Å². The molecule has 43 heavy (non-hydrogen) atoms. The summed E-state index contributed by atoms with van der Waals surface area (Å²) < 4.78 is 51.1. The van der Waals surface area contributed by atoms with Crippen molar-refractivity contribution >= 4 is 29.1 Å². The van der Waals surface area contributed by atoms with Gasteiger partial charge in [0.25, 0.3) is 5.92 Å². The quantitative estimate of drug-likeness (QED) is 0.386. The summed E-state index contributed by atoms with van der Waals surface area (Å²) in [6, 6.07) is 3.16. The van der Waals surface area contributed by atoms with E-state index in [9.17, 15) is 19.1 Å².